The molecule has 13 heteroatoms. The van der Waals surface area contributed by atoms with Crippen molar-refractivity contribution in [2.45, 2.75) is 28.5 Å². The van der Waals surface area contributed by atoms with Crippen molar-refractivity contribution in [2.24, 2.45) is 17.8 Å². The number of carbonyl (C=O) groups is 4. The number of phenolic OH excluding ortho intramolecular Hbond substituents is 1. The van der Waals surface area contributed by atoms with Crippen molar-refractivity contribution in [1.82, 2.24) is 0 Å². The SMILES string of the molecule is COc1cc(O)c(C2C3=CCC4C(=O)N(c5ccc(Cl)cc5)C(=O)C4C3CC3(Cl)C(=O)N(c4ccc(F)cc4)C(=O)C23Cl)c(OC)c1. The van der Waals surface area contributed by atoms with Crippen LogP contribution >= 0.6 is 34.8 Å². The Hall–Kier alpha value is -4.12. The van der Waals surface area contributed by atoms with E-state index in [4.69, 9.17) is 44.3 Å². The summed E-state index contributed by atoms with van der Waals surface area (Å²) in [6, 6.07) is 13.8. The molecule has 0 bridgehead atoms. The minimum atomic E-state index is -2.25. The first kappa shape index (κ1) is 31.5. The second-order valence-corrected chi connectivity index (χ2v) is 13.7. The predicted molar refractivity (Wildman–Crippen MR) is 172 cm³/mol. The molecule has 0 radical (unpaired) electrons. The number of benzene rings is 3. The molecule has 4 amide bonds. The van der Waals surface area contributed by atoms with Gasteiger partial charge >= 0.3 is 0 Å². The number of ether oxygens (including phenoxy) is 2. The van der Waals surface area contributed by atoms with Gasteiger partial charge in [0, 0.05) is 28.6 Å². The van der Waals surface area contributed by atoms with E-state index in [1.807, 2.05) is 0 Å². The van der Waals surface area contributed by atoms with Crippen molar-refractivity contribution in [3.63, 3.8) is 0 Å². The highest BCUT2D eigenvalue weighted by molar-refractivity contribution is 6.58. The number of hydrogen-bond acceptors (Lipinski definition) is 7. The van der Waals surface area contributed by atoms with Gasteiger partial charge < -0.3 is 14.6 Å². The largest absolute Gasteiger partial charge is 0.507 e. The number of phenols is 1. The van der Waals surface area contributed by atoms with Gasteiger partial charge in [-0.3, -0.25) is 24.1 Å². The van der Waals surface area contributed by atoms with Crippen molar-refractivity contribution >= 4 is 69.8 Å². The van der Waals surface area contributed by atoms with Crippen LogP contribution in [0.15, 0.2) is 72.3 Å². The van der Waals surface area contributed by atoms with Crippen molar-refractivity contribution in [1.29, 1.82) is 0 Å². The molecule has 47 heavy (non-hydrogen) atoms. The number of allylic oxidation sites excluding steroid dienone is 2. The maximum absolute atomic E-state index is 14.5. The lowest BCUT2D eigenvalue weighted by atomic mass is 9.56. The molecule has 2 heterocycles. The van der Waals surface area contributed by atoms with Crippen LogP contribution in [0, 0.1) is 23.6 Å². The number of halogens is 4. The lowest BCUT2D eigenvalue weighted by molar-refractivity contribution is -0.125. The maximum atomic E-state index is 14.5. The van der Waals surface area contributed by atoms with Crippen molar-refractivity contribution in [3.8, 4) is 17.2 Å². The zero-order chi connectivity index (χ0) is 33.6. The third-order valence-corrected chi connectivity index (χ3v) is 11.5. The number of alkyl halides is 2. The molecule has 7 rings (SSSR count). The molecule has 3 fully saturated rings. The first-order chi connectivity index (χ1) is 22.4. The molecular formula is C34H26Cl3FN2O7. The molecule has 9 nitrogen and oxygen atoms in total. The van der Waals surface area contributed by atoms with Gasteiger partial charge in [0.2, 0.25) is 11.8 Å². The van der Waals surface area contributed by atoms with Gasteiger partial charge in [-0.05, 0) is 67.3 Å². The highest BCUT2D eigenvalue weighted by Crippen LogP contribution is 2.67. The smallest absolute Gasteiger partial charge is 0.258 e. The Labute approximate surface area is 283 Å². The Morgan fingerprint density at radius 2 is 1.49 bits per heavy atom. The van der Waals surface area contributed by atoms with Gasteiger partial charge in [-0.2, -0.15) is 0 Å². The van der Waals surface area contributed by atoms with Gasteiger partial charge in [-0.15, -0.1) is 23.2 Å². The van der Waals surface area contributed by atoms with Crippen molar-refractivity contribution in [3.05, 3.63) is 88.7 Å². The first-order valence-corrected chi connectivity index (χ1v) is 15.8. The second-order valence-electron chi connectivity index (χ2n) is 12.0. The summed E-state index contributed by atoms with van der Waals surface area (Å²) in [5, 5.41) is 11.9. The van der Waals surface area contributed by atoms with Crippen LogP contribution in [-0.2, 0) is 19.2 Å². The highest BCUT2D eigenvalue weighted by Gasteiger charge is 2.77. The van der Waals surface area contributed by atoms with E-state index < -0.39 is 62.9 Å². The van der Waals surface area contributed by atoms with Crippen LogP contribution in [0.4, 0.5) is 15.8 Å². The molecule has 2 aliphatic carbocycles. The summed E-state index contributed by atoms with van der Waals surface area (Å²) in [7, 11) is 2.75. The topological polar surface area (TPSA) is 113 Å². The van der Waals surface area contributed by atoms with E-state index in [2.05, 4.69) is 0 Å². The number of anilines is 2. The number of aromatic hydroxyl groups is 1. The number of methoxy groups -OCH3 is 2. The molecule has 6 unspecified atom stereocenters. The average Bonchev–Trinajstić information content (AvgIpc) is 3.39. The number of imide groups is 2. The summed E-state index contributed by atoms with van der Waals surface area (Å²) >= 11 is 20.8. The lowest BCUT2D eigenvalue weighted by Crippen LogP contribution is -2.60. The van der Waals surface area contributed by atoms with Gasteiger partial charge in [0.15, 0.2) is 9.75 Å². The van der Waals surface area contributed by atoms with E-state index in [0.717, 1.165) is 21.9 Å². The third-order valence-electron chi connectivity index (χ3n) is 9.82. The fraction of sp³-hybridized carbons (Fsp3) is 0.294. The Morgan fingerprint density at radius 3 is 2.13 bits per heavy atom. The summed E-state index contributed by atoms with van der Waals surface area (Å²) in [6.45, 7) is 0. The average molecular weight is 700 g/mol. The van der Waals surface area contributed by atoms with E-state index in [9.17, 15) is 28.7 Å². The molecule has 6 atom stereocenters. The Bertz CT molecular complexity index is 1900. The molecule has 2 aliphatic heterocycles. The summed E-state index contributed by atoms with van der Waals surface area (Å²) in [5.74, 6) is -7.23. The number of rotatable bonds is 5. The number of fused-ring (bicyclic) bond motifs is 4. The lowest BCUT2D eigenvalue weighted by Gasteiger charge is -2.50. The number of amides is 4. The minimum Gasteiger partial charge on any atom is -0.507 e. The van der Waals surface area contributed by atoms with E-state index in [1.165, 1.54) is 38.5 Å². The maximum Gasteiger partial charge on any atom is 0.258 e. The summed E-state index contributed by atoms with van der Waals surface area (Å²) < 4.78 is 24.9. The normalized spacial score (nSPS) is 29.8. The van der Waals surface area contributed by atoms with Gasteiger partial charge in [0.25, 0.3) is 11.8 Å². The van der Waals surface area contributed by atoms with Crippen LogP contribution in [0.5, 0.6) is 17.2 Å². The molecule has 0 aromatic heterocycles. The molecule has 0 spiro atoms. The van der Waals surface area contributed by atoms with Crippen molar-refractivity contribution in [2.75, 3.05) is 24.0 Å². The predicted octanol–water partition coefficient (Wildman–Crippen LogP) is 5.97. The first-order valence-electron chi connectivity index (χ1n) is 14.7. The van der Waals surface area contributed by atoms with E-state index in [1.54, 1.807) is 30.3 Å². The molecule has 1 N–H and O–H groups in total. The number of hydrogen-bond donors (Lipinski definition) is 1. The summed E-state index contributed by atoms with van der Waals surface area (Å²) in [4.78, 5) is 54.5. The van der Waals surface area contributed by atoms with Gasteiger partial charge in [-0.25, -0.2) is 9.29 Å². The molecule has 3 aromatic carbocycles. The zero-order valence-corrected chi connectivity index (χ0v) is 27.1. The van der Waals surface area contributed by atoms with E-state index in [0.29, 0.717) is 16.3 Å². The molecule has 1 saturated carbocycles. The molecule has 4 aliphatic rings. The fourth-order valence-corrected chi connectivity index (χ4v) is 8.77. The van der Waals surface area contributed by atoms with Gasteiger partial charge in [-0.1, -0.05) is 23.3 Å². The Morgan fingerprint density at radius 1 is 0.851 bits per heavy atom. The molecule has 242 valence electrons. The molecular weight excluding hydrogens is 674 g/mol. The molecule has 3 aromatic rings. The number of carbonyl (C=O) groups excluding carboxylic acids is 4. The third kappa shape index (κ3) is 4.27. The van der Waals surface area contributed by atoms with Gasteiger partial charge in [0.1, 0.15) is 23.1 Å². The Kier molecular flexibility index (Phi) is 7.35. The standard InChI is InChI=1S/C34H26Cl3FN2O7/c1-46-20-13-24(41)27(25(14-20)47-2)28-21-11-12-22-26(30(43)39(29(22)42)18-7-3-16(35)4-8-18)23(21)15-33(36)31(44)40(32(45)34(28,33)37)19-9-5-17(38)6-10-19/h3-11,13-14,22-23,26,28,41H,12,15H2,1-2H3. The quantitative estimate of drug-likeness (QED) is 0.198. The van der Waals surface area contributed by atoms with Crippen LogP contribution in [0.2, 0.25) is 5.02 Å². The van der Waals surface area contributed by atoms with Gasteiger partial charge in [0.05, 0.1) is 37.4 Å². The number of nitrogens with zero attached hydrogens (tertiary/aromatic N) is 2. The summed E-state index contributed by atoms with van der Waals surface area (Å²) in [5.41, 5.74) is 0.883. The fourth-order valence-electron chi connectivity index (χ4n) is 7.72. The summed E-state index contributed by atoms with van der Waals surface area (Å²) in [6.07, 6.45) is 1.58. The van der Waals surface area contributed by atoms with E-state index >= 15 is 0 Å². The van der Waals surface area contributed by atoms with Crippen LogP contribution in [0.25, 0.3) is 0 Å². The van der Waals surface area contributed by atoms with Crippen LogP contribution in [-0.4, -0.2) is 52.7 Å². The van der Waals surface area contributed by atoms with Crippen molar-refractivity contribution < 1.29 is 38.1 Å². The van der Waals surface area contributed by atoms with Crippen LogP contribution in [0.3, 0.4) is 0 Å². The monoisotopic (exact) mass is 698 g/mol. The van der Waals surface area contributed by atoms with Crippen LogP contribution in [0.1, 0.15) is 24.3 Å². The van der Waals surface area contributed by atoms with Crippen LogP contribution < -0.4 is 19.3 Å². The Balaban J connectivity index is 1.44. The zero-order valence-electron chi connectivity index (χ0n) is 24.9. The van der Waals surface area contributed by atoms with E-state index in [-0.39, 0.29) is 41.3 Å². The molecule has 2 saturated heterocycles. The second kappa shape index (κ2) is 11.0. The highest BCUT2D eigenvalue weighted by atomic mass is 35.5. The minimum absolute atomic E-state index is 0.0383.